The highest BCUT2D eigenvalue weighted by Crippen LogP contribution is 2.30. The predicted molar refractivity (Wildman–Crippen MR) is 123 cm³/mol. The van der Waals surface area contributed by atoms with E-state index in [1.165, 1.54) is 17.8 Å². The van der Waals surface area contributed by atoms with E-state index in [1.807, 2.05) is 24.0 Å². The molecule has 0 aromatic carbocycles. The summed E-state index contributed by atoms with van der Waals surface area (Å²) in [6.45, 7) is 4.93. The lowest BCUT2D eigenvalue weighted by Gasteiger charge is -2.26. The molecule has 1 aliphatic heterocycles. The molecule has 3 aromatic heterocycles. The van der Waals surface area contributed by atoms with Crippen LogP contribution >= 0.6 is 11.3 Å². The van der Waals surface area contributed by atoms with Gasteiger partial charge >= 0.3 is 6.03 Å². The van der Waals surface area contributed by atoms with Gasteiger partial charge in [0, 0.05) is 56.7 Å². The van der Waals surface area contributed by atoms with Crippen LogP contribution in [0, 0.1) is 6.92 Å². The Balaban J connectivity index is 1.63. The SMILES string of the molecule is COCCCNc1cc(-c2nnc(C)s2)nc2cc(NC(=O)N3CCCCC3)ncc12. The molecule has 9 nitrogen and oxygen atoms in total. The quantitative estimate of drug-likeness (QED) is 0.535. The van der Waals surface area contributed by atoms with Gasteiger partial charge in [0.05, 0.1) is 5.52 Å². The zero-order chi connectivity index (χ0) is 21.6. The number of aromatic nitrogens is 4. The molecule has 1 fully saturated rings. The summed E-state index contributed by atoms with van der Waals surface area (Å²) in [6.07, 6.45) is 5.90. The number of urea groups is 1. The van der Waals surface area contributed by atoms with Gasteiger partial charge in [-0.05, 0) is 38.7 Å². The third kappa shape index (κ3) is 5.26. The number of pyridine rings is 2. The minimum Gasteiger partial charge on any atom is -0.385 e. The Morgan fingerprint density at radius 2 is 2.06 bits per heavy atom. The number of rotatable bonds is 7. The number of hydrogen-bond acceptors (Lipinski definition) is 8. The van der Waals surface area contributed by atoms with Crippen molar-refractivity contribution in [1.82, 2.24) is 25.1 Å². The molecule has 1 saturated heterocycles. The van der Waals surface area contributed by atoms with E-state index >= 15 is 0 Å². The van der Waals surface area contributed by atoms with Crippen LogP contribution in [0.3, 0.4) is 0 Å². The highest BCUT2D eigenvalue weighted by atomic mass is 32.1. The number of fused-ring (bicyclic) bond motifs is 1. The van der Waals surface area contributed by atoms with Gasteiger partial charge in [0.15, 0.2) is 5.01 Å². The predicted octanol–water partition coefficient (Wildman–Crippen LogP) is 3.92. The second kappa shape index (κ2) is 9.97. The van der Waals surface area contributed by atoms with Crippen LogP contribution in [0.1, 0.15) is 30.7 Å². The lowest BCUT2D eigenvalue weighted by Crippen LogP contribution is -2.38. The number of aryl methyl sites for hydroxylation is 1. The second-order valence-electron chi connectivity index (χ2n) is 7.52. The van der Waals surface area contributed by atoms with Crippen LogP contribution in [0.25, 0.3) is 21.6 Å². The molecule has 31 heavy (non-hydrogen) atoms. The van der Waals surface area contributed by atoms with Crippen molar-refractivity contribution in [2.75, 3.05) is 44.0 Å². The van der Waals surface area contributed by atoms with Gasteiger partial charge in [-0.1, -0.05) is 11.3 Å². The largest absolute Gasteiger partial charge is 0.385 e. The van der Waals surface area contributed by atoms with Gasteiger partial charge in [-0.2, -0.15) is 0 Å². The number of hydrogen-bond donors (Lipinski definition) is 2. The van der Waals surface area contributed by atoms with Crippen molar-refractivity contribution >= 4 is 39.8 Å². The number of ether oxygens (including phenoxy) is 1. The molecule has 4 heterocycles. The number of amides is 2. The Morgan fingerprint density at radius 3 is 2.81 bits per heavy atom. The van der Waals surface area contributed by atoms with Crippen molar-refractivity contribution in [3.8, 4) is 10.7 Å². The van der Waals surface area contributed by atoms with Crippen molar-refractivity contribution in [3.05, 3.63) is 23.3 Å². The van der Waals surface area contributed by atoms with Crippen molar-refractivity contribution in [2.24, 2.45) is 0 Å². The maximum Gasteiger partial charge on any atom is 0.323 e. The smallest absolute Gasteiger partial charge is 0.323 e. The first-order chi connectivity index (χ1) is 15.1. The number of likely N-dealkylation sites (tertiary alicyclic amines) is 1. The van der Waals surface area contributed by atoms with Gasteiger partial charge in [-0.25, -0.2) is 14.8 Å². The molecule has 0 atom stereocenters. The van der Waals surface area contributed by atoms with Crippen LogP contribution in [0.15, 0.2) is 18.3 Å². The summed E-state index contributed by atoms with van der Waals surface area (Å²) in [5, 5.41) is 17.3. The maximum atomic E-state index is 12.6. The zero-order valence-corrected chi connectivity index (χ0v) is 18.7. The van der Waals surface area contributed by atoms with Crippen LogP contribution in [0.5, 0.6) is 0 Å². The number of carbonyl (C=O) groups excluding carboxylic acids is 1. The lowest BCUT2D eigenvalue weighted by molar-refractivity contribution is 0.198. The molecular weight excluding hydrogens is 414 g/mol. The molecule has 3 aromatic rings. The van der Waals surface area contributed by atoms with Gasteiger partial charge in [0.25, 0.3) is 0 Å². The van der Waals surface area contributed by atoms with E-state index in [0.29, 0.717) is 12.4 Å². The standard InChI is InChI=1S/C21H27N7O2S/c1-14-26-27-20(31-14)18-11-16(22-7-6-10-30-2)15-13-23-19(12-17(15)24-18)25-21(29)28-8-4-3-5-9-28/h11-13H,3-10H2,1-2H3,(H,22,24)(H,23,25,29). The summed E-state index contributed by atoms with van der Waals surface area (Å²) in [5.41, 5.74) is 2.40. The van der Waals surface area contributed by atoms with Crippen LogP contribution < -0.4 is 10.6 Å². The van der Waals surface area contributed by atoms with E-state index in [9.17, 15) is 4.79 Å². The molecule has 4 rings (SSSR count). The van der Waals surface area contributed by atoms with E-state index in [4.69, 9.17) is 9.72 Å². The van der Waals surface area contributed by atoms with E-state index < -0.39 is 0 Å². The summed E-state index contributed by atoms with van der Waals surface area (Å²) in [4.78, 5) is 23.7. The average Bonchev–Trinajstić information content (AvgIpc) is 3.23. The third-order valence-electron chi connectivity index (χ3n) is 5.16. The van der Waals surface area contributed by atoms with E-state index in [2.05, 4.69) is 25.8 Å². The third-order valence-corrected chi connectivity index (χ3v) is 6.02. The minimum atomic E-state index is -0.111. The summed E-state index contributed by atoms with van der Waals surface area (Å²) in [7, 11) is 1.70. The zero-order valence-electron chi connectivity index (χ0n) is 17.8. The molecule has 0 spiro atoms. The second-order valence-corrected chi connectivity index (χ2v) is 8.70. The van der Waals surface area contributed by atoms with E-state index in [-0.39, 0.29) is 6.03 Å². The highest BCUT2D eigenvalue weighted by molar-refractivity contribution is 7.14. The number of nitrogens with one attached hydrogen (secondary N) is 2. The van der Waals surface area contributed by atoms with Crippen LogP contribution in [0.4, 0.5) is 16.3 Å². The first kappa shape index (κ1) is 21.4. The highest BCUT2D eigenvalue weighted by Gasteiger charge is 2.18. The normalized spacial score (nSPS) is 14.1. The Morgan fingerprint density at radius 1 is 1.23 bits per heavy atom. The summed E-state index contributed by atoms with van der Waals surface area (Å²) >= 11 is 1.50. The van der Waals surface area contributed by atoms with E-state index in [1.54, 1.807) is 13.3 Å². The van der Waals surface area contributed by atoms with Crippen LogP contribution in [-0.4, -0.2) is 64.4 Å². The molecule has 0 aliphatic carbocycles. The molecule has 2 amide bonds. The molecule has 164 valence electrons. The van der Waals surface area contributed by atoms with Crippen molar-refractivity contribution in [3.63, 3.8) is 0 Å². The topological polar surface area (TPSA) is 105 Å². The molecule has 1 aliphatic rings. The van der Waals surface area contributed by atoms with Gasteiger partial charge in [0.2, 0.25) is 0 Å². The first-order valence-corrected chi connectivity index (χ1v) is 11.4. The first-order valence-electron chi connectivity index (χ1n) is 10.5. The van der Waals surface area contributed by atoms with E-state index in [0.717, 1.165) is 71.2 Å². The molecule has 0 saturated carbocycles. The number of nitrogens with zero attached hydrogens (tertiary/aromatic N) is 5. The molecule has 10 heteroatoms. The number of piperidine rings is 1. The van der Waals surface area contributed by atoms with Crippen molar-refractivity contribution in [1.29, 1.82) is 0 Å². The monoisotopic (exact) mass is 441 g/mol. The Bertz CT molecular complexity index is 1050. The Kier molecular flexibility index (Phi) is 6.88. The fourth-order valence-corrected chi connectivity index (χ4v) is 4.22. The molecular formula is C21H27N7O2S. The maximum absolute atomic E-state index is 12.6. The van der Waals surface area contributed by atoms with Crippen molar-refractivity contribution in [2.45, 2.75) is 32.6 Å². The van der Waals surface area contributed by atoms with Crippen molar-refractivity contribution < 1.29 is 9.53 Å². The number of carbonyl (C=O) groups is 1. The molecule has 0 radical (unpaired) electrons. The average molecular weight is 442 g/mol. The van der Waals surface area contributed by atoms with Crippen LogP contribution in [-0.2, 0) is 4.74 Å². The van der Waals surface area contributed by atoms with Gasteiger partial charge in [0.1, 0.15) is 16.5 Å². The number of anilines is 2. The summed E-state index contributed by atoms with van der Waals surface area (Å²) < 4.78 is 5.14. The Labute approximate surface area is 185 Å². The summed E-state index contributed by atoms with van der Waals surface area (Å²) in [5.74, 6) is 0.492. The fourth-order valence-electron chi connectivity index (χ4n) is 3.57. The van der Waals surface area contributed by atoms with Gasteiger partial charge in [-0.15, -0.1) is 10.2 Å². The molecule has 0 bridgehead atoms. The lowest BCUT2D eigenvalue weighted by atomic mass is 10.1. The fraction of sp³-hybridized carbons (Fsp3) is 0.476. The molecule has 2 N–H and O–H groups in total. The minimum absolute atomic E-state index is 0.111. The van der Waals surface area contributed by atoms with Gasteiger partial charge in [-0.3, -0.25) is 5.32 Å². The van der Waals surface area contributed by atoms with Crippen LogP contribution in [0.2, 0.25) is 0 Å². The Hall–Kier alpha value is -2.85. The number of methoxy groups -OCH3 is 1. The van der Waals surface area contributed by atoms with Gasteiger partial charge < -0.3 is 15.0 Å². The molecule has 0 unspecified atom stereocenters. The summed E-state index contributed by atoms with van der Waals surface area (Å²) in [6, 6.07) is 3.68.